The Morgan fingerprint density at radius 3 is 2.59 bits per heavy atom. The van der Waals surface area contributed by atoms with Gasteiger partial charge in [0.15, 0.2) is 8.32 Å². The van der Waals surface area contributed by atoms with Gasteiger partial charge in [-0.2, -0.15) is 0 Å². The summed E-state index contributed by atoms with van der Waals surface area (Å²) in [7, 11) is -1.58. The fourth-order valence-corrected chi connectivity index (χ4v) is 4.29. The van der Waals surface area contributed by atoms with Gasteiger partial charge in [-0.15, -0.1) is 0 Å². The summed E-state index contributed by atoms with van der Waals surface area (Å²) >= 11 is 0. The summed E-state index contributed by atoms with van der Waals surface area (Å²) in [6.07, 6.45) is 9.59. The molecule has 0 saturated heterocycles. The van der Waals surface area contributed by atoms with Gasteiger partial charge >= 0.3 is 0 Å². The topological polar surface area (TPSA) is 9.23 Å². The van der Waals surface area contributed by atoms with Gasteiger partial charge in [0, 0.05) is 5.92 Å². The smallest absolute Gasteiger partial charge is 0.192 e. The van der Waals surface area contributed by atoms with Crippen LogP contribution in [-0.2, 0) is 4.43 Å². The lowest BCUT2D eigenvalue weighted by molar-refractivity contribution is 0.108. The van der Waals surface area contributed by atoms with E-state index in [-0.39, 0.29) is 0 Å². The largest absolute Gasteiger partial charge is 0.413 e. The van der Waals surface area contributed by atoms with Crippen LogP contribution in [0.4, 0.5) is 0 Å². The van der Waals surface area contributed by atoms with Crippen LogP contribution in [0.2, 0.25) is 18.1 Å². The number of hydrogen-bond donors (Lipinski definition) is 0. The monoisotopic (exact) mass is 252 g/mol. The van der Waals surface area contributed by atoms with E-state index in [1.54, 1.807) is 5.57 Å². The number of fused-ring (bicyclic) bond motifs is 1. The van der Waals surface area contributed by atoms with Crippen molar-refractivity contribution >= 4 is 8.32 Å². The minimum atomic E-state index is -1.58. The molecule has 0 heterocycles. The van der Waals surface area contributed by atoms with Gasteiger partial charge in [-0.05, 0) is 50.2 Å². The van der Waals surface area contributed by atoms with Gasteiger partial charge in [0.25, 0.3) is 0 Å². The van der Waals surface area contributed by atoms with Crippen LogP contribution in [0, 0.1) is 5.92 Å². The third-order valence-electron chi connectivity index (χ3n) is 5.02. The van der Waals surface area contributed by atoms with Gasteiger partial charge in [0.1, 0.15) is 0 Å². The summed E-state index contributed by atoms with van der Waals surface area (Å²) in [5.74, 6) is 0.762. The average Bonchev–Trinajstić information content (AvgIpc) is 2.64. The molecule has 2 aliphatic carbocycles. The van der Waals surface area contributed by atoms with Crippen molar-refractivity contribution < 1.29 is 4.43 Å². The molecule has 17 heavy (non-hydrogen) atoms. The second-order valence-electron chi connectivity index (χ2n) is 7.27. The first-order valence-electron chi connectivity index (χ1n) is 7.18. The predicted octanol–water partition coefficient (Wildman–Crippen LogP) is 4.90. The van der Waals surface area contributed by atoms with Crippen LogP contribution < -0.4 is 0 Å². The molecule has 1 nitrogen and oxygen atoms in total. The van der Waals surface area contributed by atoms with E-state index in [1.165, 1.54) is 32.1 Å². The fraction of sp³-hybridized carbons (Fsp3) is 0.867. The maximum Gasteiger partial charge on any atom is 0.192 e. The highest BCUT2D eigenvalue weighted by Gasteiger charge is 2.42. The first kappa shape index (κ1) is 13.4. The molecule has 2 atom stereocenters. The molecule has 2 aliphatic rings. The maximum absolute atomic E-state index is 6.66. The first-order valence-corrected chi connectivity index (χ1v) is 10.1. The quantitative estimate of drug-likeness (QED) is 0.502. The Hall–Kier alpha value is -0.0831. The van der Waals surface area contributed by atoms with Crippen molar-refractivity contribution in [2.24, 2.45) is 5.92 Å². The van der Waals surface area contributed by atoms with Crippen molar-refractivity contribution in [2.75, 3.05) is 0 Å². The summed E-state index contributed by atoms with van der Waals surface area (Å²) in [6, 6.07) is 0. The van der Waals surface area contributed by atoms with Gasteiger partial charge in [0.05, 0.1) is 6.10 Å². The zero-order valence-corrected chi connectivity index (χ0v) is 13.2. The van der Waals surface area contributed by atoms with E-state index in [2.05, 4.69) is 39.9 Å². The Morgan fingerprint density at radius 2 is 1.94 bits per heavy atom. The fourth-order valence-electron chi connectivity index (χ4n) is 2.90. The summed E-state index contributed by atoms with van der Waals surface area (Å²) in [5, 5.41) is 0.340. The van der Waals surface area contributed by atoms with Gasteiger partial charge in [-0.25, -0.2) is 0 Å². The SMILES string of the molecule is CC(C)(C)[Si](C)(C)O[C@@H]1CCCC2=CCC[C@H]21. The van der Waals surface area contributed by atoms with Crippen LogP contribution in [0.5, 0.6) is 0 Å². The minimum absolute atomic E-state index is 0.340. The number of allylic oxidation sites excluding steroid dienone is 1. The molecular formula is C15H28OSi. The molecule has 0 spiro atoms. The molecule has 0 aliphatic heterocycles. The number of rotatable bonds is 2. The molecule has 2 heteroatoms. The van der Waals surface area contributed by atoms with Crippen LogP contribution in [0.25, 0.3) is 0 Å². The lowest BCUT2D eigenvalue weighted by atomic mass is 9.84. The minimum Gasteiger partial charge on any atom is -0.413 e. The van der Waals surface area contributed by atoms with E-state index >= 15 is 0 Å². The molecule has 2 rings (SSSR count). The molecule has 0 aromatic heterocycles. The third kappa shape index (κ3) is 2.68. The Balaban J connectivity index is 2.06. The molecule has 0 amide bonds. The first-order chi connectivity index (χ1) is 7.81. The average molecular weight is 252 g/mol. The van der Waals surface area contributed by atoms with Crippen molar-refractivity contribution in [1.82, 2.24) is 0 Å². The van der Waals surface area contributed by atoms with Crippen LogP contribution >= 0.6 is 0 Å². The number of hydrogen-bond acceptors (Lipinski definition) is 1. The molecule has 0 unspecified atom stereocenters. The standard InChI is InChI=1S/C15H28OSi/c1-15(2,3)17(4,5)16-14-11-7-9-12-8-6-10-13(12)14/h8,13-14H,6-7,9-11H2,1-5H3/t13-,14-/m1/s1. The molecule has 0 bridgehead atoms. The second-order valence-corrected chi connectivity index (χ2v) is 12.0. The zero-order chi connectivity index (χ0) is 12.7. The van der Waals surface area contributed by atoms with Crippen LogP contribution in [0.3, 0.4) is 0 Å². The zero-order valence-electron chi connectivity index (χ0n) is 12.2. The van der Waals surface area contributed by atoms with Crippen molar-refractivity contribution in [3.8, 4) is 0 Å². The van der Waals surface area contributed by atoms with Crippen LogP contribution in [0.15, 0.2) is 11.6 Å². The van der Waals surface area contributed by atoms with Crippen molar-refractivity contribution in [3.05, 3.63) is 11.6 Å². The van der Waals surface area contributed by atoms with Gasteiger partial charge in [0.2, 0.25) is 0 Å². The van der Waals surface area contributed by atoms with Crippen LogP contribution in [-0.4, -0.2) is 14.4 Å². The van der Waals surface area contributed by atoms with Crippen molar-refractivity contribution in [2.45, 2.75) is 77.1 Å². The van der Waals surface area contributed by atoms with Gasteiger partial charge in [-0.1, -0.05) is 32.4 Å². The summed E-state index contributed by atoms with van der Waals surface area (Å²) in [4.78, 5) is 0. The lowest BCUT2D eigenvalue weighted by Gasteiger charge is -2.43. The molecule has 0 radical (unpaired) electrons. The highest BCUT2D eigenvalue weighted by atomic mass is 28.4. The van der Waals surface area contributed by atoms with Gasteiger partial charge < -0.3 is 4.43 Å². The van der Waals surface area contributed by atoms with E-state index < -0.39 is 8.32 Å². The highest BCUT2D eigenvalue weighted by molar-refractivity contribution is 6.74. The van der Waals surface area contributed by atoms with Crippen molar-refractivity contribution in [3.63, 3.8) is 0 Å². The molecule has 0 aromatic rings. The Labute approximate surface area is 108 Å². The maximum atomic E-state index is 6.66. The molecule has 0 N–H and O–H groups in total. The predicted molar refractivity (Wildman–Crippen MR) is 76.7 cm³/mol. The van der Waals surface area contributed by atoms with E-state index in [4.69, 9.17) is 4.43 Å². The molecule has 1 saturated carbocycles. The molecular weight excluding hydrogens is 224 g/mol. The molecule has 1 fully saturated rings. The second kappa shape index (κ2) is 4.54. The summed E-state index contributed by atoms with van der Waals surface area (Å²) < 4.78 is 6.66. The molecule has 98 valence electrons. The van der Waals surface area contributed by atoms with Crippen molar-refractivity contribution in [1.29, 1.82) is 0 Å². The Bertz CT molecular complexity index is 311. The van der Waals surface area contributed by atoms with Gasteiger partial charge in [-0.3, -0.25) is 0 Å². The normalized spacial score (nSPS) is 30.1. The Morgan fingerprint density at radius 1 is 1.24 bits per heavy atom. The highest BCUT2D eigenvalue weighted by Crippen LogP contribution is 2.44. The molecule has 0 aromatic carbocycles. The van der Waals surface area contributed by atoms with E-state index in [9.17, 15) is 0 Å². The third-order valence-corrected chi connectivity index (χ3v) is 9.52. The summed E-state index contributed by atoms with van der Waals surface area (Å²) in [6.45, 7) is 11.8. The van der Waals surface area contributed by atoms with E-state index in [0.717, 1.165) is 5.92 Å². The summed E-state index contributed by atoms with van der Waals surface area (Å²) in [5.41, 5.74) is 1.71. The Kier molecular flexibility index (Phi) is 3.57. The lowest BCUT2D eigenvalue weighted by Crippen LogP contribution is -2.46. The van der Waals surface area contributed by atoms with Crippen LogP contribution in [0.1, 0.15) is 52.9 Å². The van der Waals surface area contributed by atoms with E-state index in [0.29, 0.717) is 11.1 Å². The van der Waals surface area contributed by atoms with E-state index in [1.807, 2.05) is 0 Å².